The molecule has 4 aromatic rings. The van der Waals surface area contributed by atoms with Crippen molar-refractivity contribution in [2.45, 2.75) is 26.4 Å². The van der Waals surface area contributed by atoms with E-state index in [1.54, 1.807) is 6.26 Å². The van der Waals surface area contributed by atoms with E-state index in [4.69, 9.17) is 9.40 Å². The summed E-state index contributed by atoms with van der Waals surface area (Å²) in [6.45, 7) is 4.96. The van der Waals surface area contributed by atoms with Crippen molar-refractivity contribution >= 4 is 10.9 Å². The molecule has 1 aliphatic rings. The number of aromatic nitrogens is 3. The molecular weight excluding hydrogens is 324 g/mol. The van der Waals surface area contributed by atoms with E-state index in [2.05, 4.69) is 46.2 Å². The van der Waals surface area contributed by atoms with Gasteiger partial charge in [-0.25, -0.2) is 9.97 Å². The van der Waals surface area contributed by atoms with E-state index in [1.165, 1.54) is 27.6 Å². The molecule has 5 nitrogen and oxygen atoms in total. The molecule has 130 valence electrons. The summed E-state index contributed by atoms with van der Waals surface area (Å²) in [6, 6.07) is 10.2. The zero-order valence-corrected chi connectivity index (χ0v) is 14.7. The lowest BCUT2D eigenvalue weighted by Gasteiger charge is -2.27. The van der Waals surface area contributed by atoms with Crippen molar-refractivity contribution in [3.8, 4) is 11.6 Å². The molecule has 0 amide bonds. The molecule has 0 saturated carbocycles. The second kappa shape index (κ2) is 6.11. The highest BCUT2D eigenvalue weighted by Crippen LogP contribution is 2.26. The standard InChI is InChI=1S/C21H20N4O/c1-14-4-2-5-17-15(10-22-20(14)17)12-25-8-7-18-16(13-25)11-23-21(24-18)19-6-3-9-26-19/h2-6,9-11,22H,7-8,12-13H2,1H3. The van der Waals surface area contributed by atoms with E-state index in [0.29, 0.717) is 5.82 Å². The Labute approximate surface area is 151 Å². The number of rotatable bonds is 3. The number of benzene rings is 1. The van der Waals surface area contributed by atoms with Crippen LogP contribution in [-0.4, -0.2) is 26.4 Å². The van der Waals surface area contributed by atoms with Gasteiger partial charge in [0.1, 0.15) is 0 Å². The van der Waals surface area contributed by atoms with Crippen LogP contribution in [0.4, 0.5) is 0 Å². The minimum atomic E-state index is 0.675. The number of furan rings is 1. The normalized spacial score (nSPS) is 14.7. The first-order chi connectivity index (χ1) is 12.8. The van der Waals surface area contributed by atoms with E-state index in [1.807, 2.05) is 18.3 Å². The molecular formula is C21H20N4O. The zero-order chi connectivity index (χ0) is 17.5. The fraction of sp³-hybridized carbons (Fsp3) is 0.238. The van der Waals surface area contributed by atoms with Crippen molar-refractivity contribution in [3.05, 3.63) is 71.4 Å². The van der Waals surface area contributed by atoms with Crippen molar-refractivity contribution in [1.29, 1.82) is 0 Å². The summed E-state index contributed by atoms with van der Waals surface area (Å²) in [5.41, 5.74) is 6.23. The van der Waals surface area contributed by atoms with Crippen molar-refractivity contribution in [2.75, 3.05) is 6.54 Å². The van der Waals surface area contributed by atoms with Crippen LogP contribution in [0.1, 0.15) is 22.4 Å². The van der Waals surface area contributed by atoms with Crippen LogP contribution in [0.15, 0.2) is 53.4 Å². The first-order valence-electron chi connectivity index (χ1n) is 8.94. The molecule has 3 aromatic heterocycles. The summed E-state index contributed by atoms with van der Waals surface area (Å²) in [4.78, 5) is 15.1. The molecule has 0 fully saturated rings. The van der Waals surface area contributed by atoms with Gasteiger partial charge in [-0.1, -0.05) is 18.2 Å². The van der Waals surface area contributed by atoms with E-state index < -0.39 is 0 Å². The van der Waals surface area contributed by atoms with Crippen LogP contribution in [0.25, 0.3) is 22.5 Å². The summed E-state index contributed by atoms with van der Waals surface area (Å²) in [6.07, 6.45) is 6.69. The lowest BCUT2D eigenvalue weighted by Crippen LogP contribution is -2.30. The average Bonchev–Trinajstić information content (AvgIpc) is 3.33. The lowest BCUT2D eigenvalue weighted by molar-refractivity contribution is 0.244. The number of H-pyrrole nitrogens is 1. The second-order valence-corrected chi connectivity index (χ2v) is 6.91. The predicted octanol–water partition coefficient (Wildman–Crippen LogP) is 4.08. The van der Waals surface area contributed by atoms with Gasteiger partial charge in [0, 0.05) is 54.9 Å². The van der Waals surface area contributed by atoms with Crippen molar-refractivity contribution in [1.82, 2.24) is 19.9 Å². The highest BCUT2D eigenvalue weighted by atomic mass is 16.3. The molecule has 0 bridgehead atoms. The summed E-state index contributed by atoms with van der Waals surface area (Å²) < 4.78 is 5.41. The van der Waals surface area contributed by atoms with Gasteiger partial charge >= 0.3 is 0 Å². The maximum atomic E-state index is 5.41. The van der Waals surface area contributed by atoms with Crippen LogP contribution < -0.4 is 0 Å². The maximum Gasteiger partial charge on any atom is 0.195 e. The number of nitrogens with zero attached hydrogens (tertiary/aromatic N) is 3. The van der Waals surface area contributed by atoms with Crippen molar-refractivity contribution < 1.29 is 4.42 Å². The highest BCUT2D eigenvalue weighted by Gasteiger charge is 2.20. The van der Waals surface area contributed by atoms with Gasteiger partial charge in [0.25, 0.3) is 0 Å². The van der Waals surface area contributed by atoms with Crippen molar-refractivity contribution in [2.24, 2.45) is 0 Å². The fourth-order valence-corrected chi connectivity index (χ4v) is 3.77. The van der Waals surface area contributed by atoms with Gasteiger partial charge in [-0.2, -0.15) is 0 Å². The molecule has 1 aromatic carbocycles. The van der Waals surface area contributed by atoms with Gasteiger partial charge < -0.3 is 9.40 Å². The third kappa shape index (κ3) is 2.61. The Bertz CT molecular complexity index is 1070. The van der Waals surface area contributed by atoms with Crippen LogP contribution >= 0.6 is 0 Å². The fourth-order valence-electron chi connectivity index (χ4n) is 3.77. The monoisotopic (exact) mass is 344 g/mol. The molecule has 4 heterocycles. The van der Waals surface area contributed by atoms with Crippen LogP contribution in [-0.2, 0) is 19.5 Å². The molecule has 0 radical (unpaired) electrons. The molecule has 5 heteroatoms. The summed E-state index contributed by atoms with van der Waals surface area (Å²) in [5.74, 6) is 1.40. The van der Waals surface area contributed by atoms with E-state index in [-0.39, 0.29) is 0 Å². The molecule has 0 spiro atoms. The maximum absolute atomic E-state index is 5.41. The molecule has 26 heavy (non-hydrogen) atoms. The van der Waals surface area contributed by atoms with Crippen LogP contribution in [0.5, 0.6) is 0 Å². The molecule has 1 N–H and O–H groups in total. The minimum Gasteiger partial charge on any atom is -0.461 e. The minimum absolute atomic E-state index is 0.675. The molecule has 0 unspecified atom stereocenters. The Morgan fingerprint density at radius 1 is 1.23 bits per heavy atom. The van der Waals surface area contributed by atoms with Gasteiger partial charge in [-0.3, -0.25) is 4.90 Å². The van der Waals surface area contributed by atoms with Crippen molar-refractivity contribution in [3.63, 3.8) is 0 Å². The zero-order valence-electron chi connectivity index (χ0n) is 14.7. The van der Waals surface area contributed by atoms with Crippen LogP contribution in [0.3, 0.4) is 0 Å². The lowest BCUT2D eigenvalue weighted by atomic mass is 10.1. The Balaban J connectivity index is 1.38. The van der Waals surface area contributed by atoms with Gasteiger partial charge in [0.15, 0.2) is 11.6 Å². The number of fused-ring (bicyclic) bond motifs is 2. The Kier molecular flexibility index (Phi) is 3.60. The van der Waals surface area contributed by atoms with Gasteiger partial charge in [-0.05, 0) is 30.2 Å². The first-order valence-corrected chi connectivity index (χ1v) is 8.94. The quantitative estimate of drug-likeness (QED) is 0.608. The predicted molar refractivity (Wildman–Crippen MR) is 101 cm³/mol. The summed E-state index contributed by atoms with van der Waals surface area (Å²) >= 11 is 0. The summed E-state index contributed by atoms with van der Waals surface area (Å²) in [7, 11) is 0. The topological polar surface area (TPSA) is 58.0 Å². The molecule has 1 aliphatic heterocycles. The highest BCUT2D eigenvalue weighted by molar-refractivity contribution is 5.85. The molecule has 0 saturated heterocycles. The van der Waals surface area contributed by atoms with Gasteiger partial charge in [0.05, 0.1) is 12.0 Å². The molecule has 0 atom stereocenters. The Morgan fingerprint density at radius 2 is 2.19 bits per heavy atom. The number of para-hydroxylation sites is 1. The van der Waals surface area contributed by atoms with Crippen LogP contribution in [0, 0.1) is 6.92 Å². The van der Waals surface area contributed by atoms with Gasteiger partial charge in [-0.15, -0.1) is 0 Å². The van der Waals surface area contributed by atoms with E-state index >= 15 is 0 Å². The Morgan fingerprint density at radius 3 is 3.08 bits per heavy atom. The third-order valence-electron chi connectivity index (χ3n) is 5.16. The largest absolute Gasteiger partial charge is 0.461 e. The van der Waals surface area contributed by atoms with E-state index in [9.17, 15) is 0 Å². The molecule has 0 aliphatic carbocycles. The molecule has 5 rings (SSSR count). The number of hydrogen-bond donors (Lipinski definition) is 1. The smallest absolute Gasteiger partial charge is 0.195 e. The SMILES string of the molecule is Cc1cccc2c(CN3CCc4nc(-c5ccco5)ncc4C3)c[nH]c12. The number of aryl methyl sites for hydroxylation is 1. The second-order valence-electron chi connectivity index (χ2n) is 6.91. The first kappa shape index (κ1) is 15.3. The van der Waals surface area contributed by atoms with Crippen LogP contribution in [0.2, 0.25) is 0 Å². The number of hydrogen-bond acceptors (Lipinski definition) is 4. The van der Waals surface area contributed by atoms with E-state index in [0.717, 1.165) is 37.5 Å². The summed E-state index contributed by atoms with van der Waals surface area (Å²) in [5, 5.41) is 1.32. The third-order valence-corrected chi connectivity index (χ3v) is 5.16. The number of aromatic amines is 1. The average molecular weight is 344 g/mol. The Hall–Kier alpha value is -2.92. The number of nitrogens with one attached hydrogen (secondary N) is 1. The van der Waals surface area contributed by atoms with Gasteiger partial charge in [0.2, 0.25) is 0 Å².